The van der Waals surface area contributed by atoms with Crippen molar-refractivity contribution in [2.75, 3.05) is 6.61 Å². The van der Waals surface area contributed by atoms with Crippen molar-refractivity contribution in [3.8, 4) is 0 Å². The molecule has 0 saturated heterocycles. The molecule has 4 fully saturated rings. The predicted molar refractivity (Wildman–Crippen MR) is 81.8 cm³/mol. The van der Waals surface area contributed by atoms with Crippen molar-refractivity contribution >= 4 is 16.1 Å². The van der Waals surface area contributed by atoms with E-state index in [4.69, 9.17) is 9.29 Å². The van der Waals surface area contributed by atoms with Crippen LogP contribution in [0.1, 0.15) is 52.4 Å². The summed E-state index contributed by atoms with van der Waals surface area (Å²) in [6.07, 6.45) is 5.92. The first kappa shape index (κ1) is 18.0. The van der Waals surface area contributed by atoms with E-state index in [9.17, 15) is 22.0 Å². The van der Waals surface area contributed by atoms with Gasteiger partial charge in [0.05, 0.1) is 6.61 Å². The fraction of sp³-hybridized carbons (Fsp3) is 0.938. The zero-order valence-corrected chi connectivity index (χ0v) is 14.7. The van der Waals surface area contributed by atoms with Crippen molar-refractivity contribution in [3.05, 3.63) is 0 Å². The van der Waals surface area contributed by atoms with E-state index in [0.717, 1.165) is 38.5 Å². The van der Waals surface area contributed by atoms with Crippen LogP contribution in [0.25, 0.3) is 0 Å². The lowest BCUT2D eigenvalue weighted by Crippen LogP contribution is -2.55. The molecule has 2 unspecified atom stereocenters. The number of esters is 1. The van der Waals surface area contributed by atoms with Crippen molar-refractivity contribution < 1.29 is 31.3 Å². The van der Waals surface area contributed by atoms with Crippen LogP contribution in [0.3, 0.4) is 0 Å². The molecule has 5 nitrogen and oxygen atoms in total. The predicted octanol–water partition coefficient (Wildman–Crippen LogP) is 3.25. The third kappa shape index (κ3) is 2.75. The smallest absolute Gasteiger partial charge is 0.460 e. The van der Waals surface area contributed by atoms with Gasteiger partial charge >= 0.3 is 21.3 Å². The van der Waals surface area contributed by atoms with Crippen LogP contribution in [-0.4, -0.2) is 30.8 Å². The van der Waals surface area contributed by atoms with Crippen molar-refractivity contribution in [3.63, 3.8) is 0 Å². The van der Waals surface area contributed by atoms with Gasteiger partial charge in [-0.3, -0.25) is 4.55 Å². The lowest BCUT2D eigenvalue weighted by atomic mass is 9.42. The van der Waals surface area contributed by atoms with E-state index < -0.39 is 21.3 Å². The monoisotopic (exact) mass is 366 g/mol. The molecule has 0 amide bonds. The number of rotatable bonds is 5. The molecule has 4 rings (SSSR count). The van der Waals surface area contributed by atoms with Gasteiger partial charge in [-0.15, -0.1) is 0 Å². The number of carbonyl (C=O) groups excluding carboxylic acids is 1. The molecule has 138 valence electrons. The second-order valence-corrected chi connectivity index (χ2v) is 10.0. The summed E-state index contributed by atoms with van der Waals surface area (Å²) in [5, 5.41) is -4.91. The third-order valence-electron chi connectivity index (χ3n) is 6.52. The summed E-state index contributed by atoms with van der Waals surface area (Å²) in [5.41, 5.74) is -0.165. The van der Waals surface area contributed by atoms with Gasteiger partial charge in [-0.2, -0.15) is 17.2 Å². The van der Waals surface area contributed by atoms with Gasteiger partial charge in [0.2, 0.25) is 0 Å². The summed E-state index contributed by atoms with van der Waals surface area (Å²) in [7, 11) is -5.81. The van der Waals surface area contributed by atoms with Gasteiger partial charge in [0.15, 0.2) is 0 Å². The van der Waals surface area contributed by atoms with Crippen molar-refractivity contribution in [1.29, 1.82) is 0 Å². The molecule has 0 spiro atoms. The topological polar surface area (TPSA) is 80.7 Å². The molecule has 4 aliphatic rings. The summed E-state index contributed by atoms with van der Waals surface area (Å²) >= 11 is 0. The highest BCUT2D eigenvalue weighted by Crippen LogP contribution is 2.67. The van der Waals surface area contributed by atoms with Crippen molar-refractivity contribution in [2.45, 2.75) is 57.6 Å². The Morgan fingerprint density at radius 3 is 2.25 bits per heavy atom. The minimum Gasteiger partial charge on any atom is -0.460 e. The minimum absolute atomic E-state index is 0.169. The number of hydrogen-bond donors (Lipinski definition) is 1. The molecule has 0 aromatic rings. The van der Waals surface area contributed by atoms with E-state index in [-0.39, 0.29) is 17.4 Å². The third-order valence-corrected chi connectivity index (χ3v) is 7.34. The molecule has 4 aliphatic carbocycles. The fourth-order valence-electron chi connectivity index (χ4n) is 5.78. The van der Waals surface area contributed by atoms with Gasteiger partial charge in [-0.25, -0.2) is 4.79 Å². The fourth-order valence-corrected chi connectivity index (χ4v) is 6.05. The van der Waals surface area contributed by atoms with Crippen LogP contribution in [-0.2, 0) is 19.6 Å². The lowest BCUT2D eigenvalue weighted by Gasteiger charge is -2.63. The van der Waals surface area contributed by atoms with Crippen LogP contribution < -0.4 is 0 Å². The lowest BCUT2D eigenvalue weighted by molar-refractivity contribution is -0.182. The van der Waals surface area contributed by atoms with Gasteiger partial charge in [0.25, 0.3) is 0 Å². The molecule has 2 atom stereocenters. The maximum Gasteiger partial charge on any atom is 0.465 e. The van der Waals surface area contributed by atoms with Gasteiger partial charge in [0.1, 0.15) is 0 Å². The molecule has 24 heavy (non-hydrogen) atoms. The van der Waals surface area contributed by atoms with E-state index in [0.29, 0.717) is 17.8 Å². The normalized spacial score (nSPS) is 38.6. The largest absolute Gasteiger partial charge is 0.465 e. The van der Waals surface area contributed by atoms with Crippen LogP contribution in [0, 0.1) is 28.6 Å². The van der Waals surface area contributed by atoms with Crippen LogP contribution in [0.2, 0.25) is 0 Å². The highest BCUT2D eigenvalue weighted by Gasteiger charge is 2.60. The Bertz CT molecular complexity index is 629. The first-order chi connectivity index (χ1) is 10.9. The second kappa shape index (κ2) is 5.37. The molecule has 4 bridgehead atoms. The molecule has 0 aromatic carbocycles. The standard InChI is InChI=1S/C16H24F2O5S/c1-10(2)15-6-11-3-12(7-15)5-14(4-11,8-15)9-23-13(19)16(17,18)24(20,21)22/h10-12H,3-9H2,1-2H3,(H,20,21,22). The van der Waals surface area contributed by atoms with E-state index >= 15 is 0 Å². The van der Waals surface area contributed by atoms with Crippen LogP contribution >= 0.6 is 0 Å². The van der Waals surface area contributed by atoms with E-state index in [1.54, 1.807) is 0 Å². The Kier molecular flexibility index (Phi) is 4.03. The molecule has 4 saturated carbocycles. The van der Waals surface area contributed by atoms with Crippen LogP contribution in [0.15, 0.2) is 0 Å². The van der Waals surface area contributed by atoms with Crippen molar-refractivity contribution in [1.82, 2.24) is 0 Å². The molecule has 0 radical (unpaired) electrons. The maximum absolute atomic E-state index is 13.4. The number of alkyl halides is 2. The highest BCUT2D eigenvalue weighted by atomic mass is 32.2. The Hall–Kier alpha value is -0.760. The van der Waals surface area contributed by atoms with Crippen LogP contribution in [0.4, 0.5) is 8.78 Å². The number of hydrogen-bond acceptors (Lipinski definition) is 4. The highest BCUT2D eigenvalue weighted by molar-refractivity contribution is 7.87. The average molecular weight is 366 g/mol. The minimum atomic E-state index is -5.81. The zero-order chi connectivity index (χ0) is 18.0. The molecule has 0 aliphatic heterocycles. The van der Waals surface area contributed by atoms with Gasteiger partial charge in [-0.1, -0.05) is 13.8 Å². The Balaban J connectivity index is 1.75. The maximum atomic E-state index is 13.4. The second-order valence-electron chi connectivity index (χ2n) is 8.55. The quantitative estimate of drug-likeness (QED) is 0.597. The van der Waals surface area contributed by atoms with E-state index in [1.165, 1.54) is 0 Å². The molecule has 0 aromatic heterocycles. The number of carbonyl (C=O) groups is 1. The summed E-state index contributed by atoms with van der Waals surface area (Å²) in [5.74, 6) is -0.666. The van der Waals surface area contributed by atoms with Gasteiger partial charge in [0, 0.05) is 5.41 Å². The molecular weight excluding hydrogens is 342 g/mol. The van der Waals surface area contributed by atoms with E-state index in [1.807, 2.05) is 0 Å². The summed E-state index contributed by atoms with van der Waals surface area (Å²) in [4.78, 5) is 11.5. The molecule has 0 heterocycles. The summed E-state index contributed by atoms with van der Waals surface area (Å²) in [6.45, 7) is 4.16. The summed E-state index contributed by atoms with van der Waals surface area (Å²) in [6, 6.07) is 0. The molecule has 1 N–H and O–H groups in total. The summed E-state index contributed by atoms with van der Waals surface area (Å²) < 4.78 is 61.3. The molecular formula is C16H24F2O5S. The van der Waals surface area contributed by atoms with Crippen molar-refractivity contribution in [2.24, 2.45) is 28.6 Å². The van der Waals surface area contributed by atoms with Gasteiger partial charge < -0.3 is 4.74 Å². The van der Waals surface area contributed by atoms with Crippen LogP contribution in [0.5, 0.6) is 0 Å². The Morgan fingerprint density at radius 2 is 1.79 bits per heavy atom. The Morgan fingerprint density at radius 1 is 1.25 bits per heavy atom. The first-order valence-corrected chi connectivity index (χ1v) is 9.85. The molecule has 8 heteroatoms. The average Bonchev–Trinajstić information content (AvgIpc) is 2.42. The number of ether oxygens (including phenoxy) is 1. The first-order valence-electron chi connectivity index (χ1n) is 8.41. The SMILES string of the molecule is CC(C)C12CC3CC(CC(COC(=O)C(F)(F)S(=O)(=O)O)(C3)C1)C2. The van der Waals surface area contributed by atoms with Gasteiger partial charge in [-0.05, 0) is 61.7 Å². The number of halogens is 2. The van der Waals surface area contributed by atoms with E-state index in [2.05, 4.69) is 13.8 Å². The Labute approximate surface area is 140 Å². The zero-order valence-electron chi connectivity index (χ0n) is 13.9.